The van der Waals surface area contributed by atoms with Crippen LogP contribution in [0.5, 0.6) is 0 Å². The lowest BCUT2D eigenvalue weighted by Gasteiger charge is -2.30. The Balaban J connectivity index is 1.92. The molecule has 0 spiro atoms. The van der Waals surface area contributed by atoms with Crippen LogP contribution in [0.3, 0.4) is 0 Å². The van der Waals surface area contributed by atoms with Crippen LogP contribution in [0.25, 0.3) is 0 Å². The molecule has 3 rings (SSSR count). The predicted octanol–water partition coefficient (Wildman–Crippen LogP) is 4.55. The van der Waals surface area contributed by atoms with Crippen molar-refractivity contribution >= 4 is 21.8 Å². The summed E-state index contributed by atoms with van der Waals surface area (Å²) in [4.78, 5) is 15.0. The van der Waals surface area contributed by atoms with Crippen LogP contribution in [0.1, 0.15) is 47.8 Å². The zero-order valence-corrected chi connectivity index (χ0v) is 14.4. The molecule has 0 aliphatic carbocycles. The van der Waals surface area contributed by atoms with E-state index in [1.807, 2.05) is 24.3 Å². The molecule has 22 heavy (non-hydrogen) atoms. The number of carbonyl (C=O) groups excluding carboxylic acids is 1. The molecule has 2 heterocycles. The lowest BCUT2D eigenvalue weighted by Crippen LogP contribution is -2.35. The van der Waals surface area contributed by atoms with E-state index in [0.717, 1.165) is 29.4 Å². The Kier molecular flexibility index (Phi) is 4.67. The summed E-state index contributed by atoms with van der Waals surface area (Å²) in [6.45, 7) is 0.838. The minimum absolute atomic E-state index is 0.139. The van der Waals surface area contributed by atoms with Crippen LogP contribution in [0, 0.1) is 0 Å². The standard InChI is InChI=1S/C18H21BrN2O/c1-20-12-5-7-16(20)17-6-3-2-4-13-21(17)18(22)14-8-10-15(19)11-9-14/h5,7-12,17H,2-4,6,13H2,1H3/t17-/m0/s1. The minimum Gasteiger partial charge on any atom is -0.353 e. The second kappa shape index (κ2) is 6.69. The number of rotatable bonds is 2. The number of likely N-dealkylation sites (tertiary alicyclic amines) is 1. The Labute approximate surface area is 140 Å². The number of amides is 1. The topological polar surface area (TPSA) is 25.2 Å². The van der Waals surface area contributed by atoms with Gasteiger partial charge in [-0.25, -0.2) is 0 Å². The van der Waals surface area contributed by atoms with Crippen molar-refractivity contribution in [3.05, 3.63) is 58.3 Å². The SMILES string of the molecule is Cn1cccc1[C@@H]1CCCCCN1C(=O)c1ccc(Br)cc1. The molecule has 116 valence electrons. The van der Waals surface area contributed by atoms with E-state index in [2.05, 4.69) is 50.8 Å². The van der Waals surface area contributed by atoms with E-state index in [0.29, 0.717) is 0 Å². The molecule has 0 bridgehead atoms. The smallest absolute Gasteiger partial charge is 0.254 e. The number of hydrogen-bond acceptors (Lipinski definition) is 1. The first kappa shape index (κ1) is 15.3. The molecule has 1 aliphatic rings. The molecule has 1 atom stereocenters. The third-order valence-electron chi connectivity index (χ3n) is 4.43. The Morgan fingerprint density at radius 3 is 2.59 bits per heavy atom. The Hall–Kier alpha value is -1.55. The third-order valence-corrected chi connectivity index (χ3v) is 4.96. The van der Waals surface area contributed by atoms with Crippen molar-refractivity contribution in [3.63, 3.8) is 0 Å². The van der Waals surface area contributed by atoms with Crippen molar-refractivity contribution in [3.8, 4) is 0 Å². The first-order chi connectivity index (χ1) is 10.7. The monoisotopic (exact) mass is 360 g/mol. The van der Waals surface area contributed by atoms with Crippen molar-refractivity contribution < 1.29 is 4.79 Å². The van der Waals surface area contributed by atoms with Crippen LogP contribution in [0.15, 0.2) is 47.1 Å². The minimum atomic E-state index is 0.139. The molecule has 2 aromatic rings. The first-order valence-electron chi connectivity index (χ1n) is 7.84. The fourth-order valence-electron chi connectivity index (χ4n) is 3.24. The van der Waals surface area contributed by atoms with Gasteiger partial charge in [-0.05, 0) is 49.2 Å². The Morgan fingerprint density at radius 1 is 1.14 bits per heavy atom. The van der Waals surface area contributed by atoms with Crippen molar-refractivity contribution in [2.24, 2.45) is 7.05 Å². The molecule has 4 heteroatoms. The first-order valence-corrected chi connectivity index (χ1v) is 8.64. The van der Waals surface area contributed by atoms with E-state index in [1.54, 1.807) is 0 Å². The van der Waals surface area contributed by atoms with Crippen LogP contribution in [0.2, 0.25) is 0 Å². The van der Waals surface area contributed by atoms with E-state index in [-0.39, 0.29) is 11.9 Å². The van der Waals surface area contributed by atoms with Crippen LogP contribution in [-0.4, -0.2) is 21.9 Å². The molecule has 1 fully saturated rings. The average Bonchev–Trinajstić information content (AvgIpc) is 2.80. The van der Waals surface area contributed by atoms with Gasteiger partial charge in [-0.15, -0.1) is 0 Å². The second-order valence-corrected chi connectivity index (χ2v) is 6.83. The van der Waals surface area contributed by atoms with Gasteiger partial charge >= 0.3 is 0 Å². The molecule has 0 N–H and O–H groups in total. The number of hydrogen-bond donors (Lipinski definition) is 0. The maximum atomic E-state index is 13.0. The van der Waals surface area contributed by atoms with Crippen molar-refractivity contribution in [2.45, 2.75) is 31.7 Å². The fourth-order valence-corrected chi connectivity index (χ4v) is 3.50. The van der Waals surface area contributed by atoms with Gasteiger partial charge in [0.25, 0.3) is 5.91 Å². The van der Waals surface area contributed by atoms with Gasteiger partial charge in [-0.3, -0.25) is 4.79 Å². The number of benzene rings is 1. The molecule has 0 unspecified atom stereocenters. The molecule has 0 saturated carbocycles. The van der Waals surface area contributed by atoms with Gasteiger partial charge in [0.2, 0.25) is 0 Å². The largest absolute Gasteiger partial charge is 0.353 e. The van der Waals surface area contributed by atoms with Gasteiger partial charge in [0.05, 0.1) is 6.04 Å². The van der Waals surface area contributed by atoms with E-state index < -0.39 is 0 Å². The number of nitrogens with zero attached hydrogens (tertiary/aromatic N) is 2. The highest BCUT2D eigenvalue weighted by molar-refractivity contribution is 9.10. The molecule has 1 amide bonds. The summed E-state index contributed by atoms with van der Waals surface area (Å²) in [5, 5.41) is 0. The summed E-state index contributed by atoms with van der Waals surface area (Å²) >= 11 is 3.43. The van der Waals surface area contributed by atoms with Gasteiger partial charge in [-0.1, -0.05) is 28.8 Å². The Morgan fingerprint density at radius 2 is 1.91 bits per heavy atom. The van der Waals surface area contributed by atoms with E-state index in [9.17, 15) is 4.79 Å². The highest BCUT2D eigenvalue weighted by Gasteiger charge is 2.28. The summed E-state index contributed by atoms with van der Waals surface area (Å²) in [6, 6.07) is 12.0. The molecule has 1 saturated heterocycles. The number of aryl methyl sites for hydroxylation is 1. The van der Waals surface area contributed by atoms with Gasteiger partial charge in [0.1, 0.15) is 0 Å². The molecule has 1 aromatic carbocycles. The summed E-state index contributed by atoms with van der Waals surface area (Å²) in [7, 11) is 2.06. The van der Waals surface area contributed by atoms with Crippen LogP contribution in [0.4, 0.5) is 0 Å². The van der Waals surface area contributed by atoms with Gasteiger partial charge in [0, 0.05) is 35.5 Å². The Bertz CT molecular complexity index is 647. The lowest BCUT2D eigenvalue weighted by atomic mass is 10.1. The predicted molar refractivity (Wildman–Crippen MR) is 91.8 cm³/mol. The molecule has 0 radical (unpaired) electrons. The zero-order chi connectivity index (χ0) is 15.5. The maximum Gasteiger partial charge on any atom is 0.254 e. The lowest BCUT2D eigenvalue weighted by molar-refractivity contribution is 0.0674. The van der Waals surface area contributed by atoms with E-state index in [4.69, 9.17) is 0 Å². The van der Waals surface area contributed by atoms with Crippen molar-refractivity contribution in [2.75, 3.05) is 6.54 Å². The summed E-state index contributed by atoms with van der Waals surface area (Å²) in [5.74, 6) is 0.139. The third kappa shape index (κ3) is 3.12. The molecule has 1 aliphatic heterocycles. The number of carbonyl (C=O) groups is 1. The molecular formula is C18H21BrN2O. The van der Waals surface area contributed by atoms with E-state index >= 15 is 0 Å². The van der Waals surface area contributed by atoms with E-state index in [1.165, 1.54) is 18.5 Å². The summed E-state index contributed by atoms with van der Waals surface area (Å²) in [6.07, 6.45) is 6.57. The second-order valence-electron chi connectivity index (χ2n) is 5.91. The number of aromatic nitrogens is 1. The zero-order valence-electron chi connectivity index (χ0n) is 12.8. The molecular weight excluding hydrogens is 340 g/mol. The fraction of sp³-hybridized carbons (Fsp3) is 0.389. The highest BCUT2D eigenvalue weighted by atomic mass is 79.9. The van der Waals surface area contributed by atoms with Crippen molar-refractivity contribution in [1.82, 2.24) is 9.47 Å². The van der Waals surface area contributed by atoms with Gasteiger partial charge in [0.15, 0.2) is 0 Å². The van der Waals surface area contributed by atoms with Crippen molar-refractivity contribution in [1.29, 1.82) is 0 Å². The van der Waals surface area contributed by atoms with Crippen LogP contribution in [-0.2, 0) is 7.05 Å². The molecule has 1 aromatic heterocycles. The normalized spacial score (nSPS) is 19.0. The summed E-state index contributed by atoms with van der Waals surface area (Å²) < 4.78 is 3.14. The van der Waals surface area contributed by atoms with Crippen LogP contribution >= 0.6 is 15.9 Å². The van der Waals surface area contributed by atoms with Gasteiger partial charge in [-0.2, -0.15) is 0 Å². The molecule has 3 nitrogen and oxygen atoms in total. The summed E-state index contributed by atoms with van der Waals surface area (Å²) in [5.41, 5.74) is 2.00. The van der Waals surface area contributed by atoms with Gasteiger partial charge < -0.3 is 9.47 Å². The highest BCUT2D eigenvalue weighted by Crippen LogP contribution is 2.31. The maximum absolute atomic E-state index is 13.0. The quantitative estimate of drug-likeness (QED) is 0.771. The van der Waals surface area contributed by atoms with Crippen LogP contribution < -0.4 is 0 Å². The number of halogens is 1. The average molecular weight is 361 g/mol.